The van der Waals surface area contributed by atoms with Gasteiger partial charge in [0.15, 0.2) is 0 Å². The number of aryl methyl sites for hydroxylation is 2. The Morgan fingerprint density at radius 2 is 1.95 bits per heavy atom. The number of halogens is 1. The highest BCUT2D eigenvalue weighted by molar-refractivity contribution is 6.31. The molecule has 1 aromatic rings. The smallest absolute Gasteiger partial charge is 0.0850 e. The Labute approximate surface area is 122 Å². The van der Waals surface area contributed by atoms with Gasteiger partial charge in [0.25, 0.3) is 0 Å². The van der Waals surface area contributed by atoms with Crippen LogP contribution >= 0.6 is 11.6 Å². The molecule has 1 aromatic heterocycles. The normalized spacial score (nSPS) is 12.1. The second-order valence-electron chi connectivity index (χ2n) is 5.82. The first-order chi connectivity index (χ1) is 8.95. The van der Waals surface area contributed by atoms with Crippen molar-refractivity contribution < 1.29 is 0 Å². The van der Waals surface area contributed by atoms with Gasteiger partial charge in [-0.15, -0.1) is 0 Å². The first-order valence-electron chi connectivity index (χ1n) is 7.40. The standard InChI is InChI=1S/C15H28ClN3/c1-6-12-14(16)13(19(8-3)18-12)11-15(4,5)9-10-17-7-2/h17H,6-11H2,1-5H3. The molecule has 0 unspecified atom stereocenters. The highest BCUT2D eigenvalue weighted by atomic mass is 35.5. The first-order valence-corrected chi connectivity index (χ1v) is 7.77. The number of nitrogens with one attached hydrogen (secondary N) is 1. The van der Waals surface area contributed by atoms with Crippen LogP contribution in [-0.2, 0) is 19.4 Å². The van der Waals surface area contributed by atoms with E-state index >= 15 is 0 Å². The Morgan fingerprint density at radius 3 is 2.47 bits per heavy atom. The number of rotatable bonds is 8. The highest BCUT2D eigenvalue weighted by Crippen LogP contribution is 2.31. The van der Waals surface area contributed by atoms with Crippen LogP contribution in [0.25, 0.3) is 0 Å². The van der Waals surface area contributed by atoms with Gasteiger partial charge in [0.2, 0.25) is 0 Å². The fourth-order valence-electron chi connectivity index (χ4n) is 2.33. The van der Waals surface area contributed by atoms with Crippen molar-refractivity contribution in [1.82, 2.24) is 15.1 Å². The summed E-state index contributed by atoms with van der Waals surface area (Å²) in [5.74, 6) is 0. The molecular formula is C15H28ClN3. The highest BCUT2D eigenvalue weighted by Gasteiger charge is 2.24. The topological polar surface area (TPSA) is 29.9 Å². The summed E-state index contributed by atoms with van der Waals surface area (Å²) in [5, 5.41) is 8.87. The molecule has 0 aliphatic rings. The lowest BCUT2D eigenvalue weighted by Gasteiger charge is -2.25. The summed E-state index contributed by atoms with van der Waals surface area (Å²) in [6.07, 6.45) is 3.03. The summed E-state index contributed by atoms with van der Waals surface area (Å²) in [6.45, 7) is 14.0. The molecule has 0 aliphatic carbocycles. The number of hydrogen-bond acceptors (Lipinski definition) is 2. The third-order valence-electron chi connectivity index (χ3n) is 3.57. The van der Waals surface area contributed by atoms with E-state index in [1.165, 1.54) is 5.69 Å². The van der Waals surface area contributed by atoms with E-state index in [4.69, 9.17) is 11.6 Å². The lowest BCUT2D eigenvalue weighted by molar-refractivity contribution is 0.317. The summed E-state index contributed by atoms with van der Waals surface area (Å²) in [4.78, 5) is 0. The molecular weight excluding hydrogens is 258 g/mol. The number of hydrogen-bond donors (Lipinski definition) is 1. The SMILES string of the molecule is CCNCCC(C)(C)Cc1c(Cl)c(CC)nn1CC. The Balaban J connectivity index is 2.82. The maximum Gasteiger partial charge on any atom is 0.0850 e. The molecule has 0 radical (unpaired) electrons. The van der Waals surface area contributed by atoms with Gasteiger partial charge in [-0.3, -0.25) is 4.68 Å². The van der Waals surface area contributed by atoms with Gasteiger partial charge in [0, 0.05) is 6.54 Å². The minimum Gasteiger partial charge on any atom is -0.317 e. The van der Waals surface area contributed by atoms with Gasteiger partial charge in [0.1, 0.15) is 0 Å². The van der Waals surface area contributed by atoms with Crippen LogP contribution in [0.4, 0.5) is 0 Å². The molecule has 0 bridgehead atoms. The van der Waals surface area contributed by atoms with Gasteiger partial charge < -0.3 is 5.32 Å². The average Bonchev–Trinajstić information content (AvgIpc) is 2.66. The first kappa shape index (κ1) is 16.5. The molecule has 0 spiro atoms. The minimum atomic E-state index is 0.240. The molecule has 0 fully saturated rings. The van der Waals surface area contributed by atoms with E-state index in [-0.39, 0.29) is 5.41 Å². The molecule has 1 N–H and O–H groups in total. The summed E-state index contributed by atoms with van der Waals surface area (Å²) < 4.78 is 2.07. The Kier molecular flexibility index (Phi) is 6.34. The van der Waals surface area contributed by atoms with E-state index in [2.05, 4.69) is 49.7 Å². The predicted octanol–water partition coefficient (Wildman–Crippen LogP) is 3.69. The third-order valence-corrected chi connectivity index (χ3v) is 4.00. The Bertz CT molecular complexity index is 396. The molecule has 0 atom stereocenters. The zero-order valence-electron chi connectivity index (χ0n) is 13.0. The summed E-state index contributed by atoms with van der Waals surface area (Å²) in [5.41, 5.74) is 2.47. The largest absolute Gasteiger partial charge is 0.317 e. The van der Waals surface area contributed by atoms with Crippen LogP contribution < -0.4 is 5.32 Å². The van der Waals surface area contributed by atoms with Gasteiger partial charge in [-0.05, 0) is 44.7 Å². The summed E-state index contributed by atoms with van der Waals surface area (Å²) >= 11 is 6.48. The van der Waals surface area contributed by atoms with Crippen molar-refractivity contribution in [2.75, 3.05) is 13.1 Å². The van der Waals surface area contributed by atoms with Crippen LogP contribution in [0.3, 0.4) is 0 Å². The number of nitrogens with zero attached hydrogens (tertiary/aromatic N) is 2. The van der Waals surface area contributed by atoms with Crippen LogP contribution in [-0.4, -0.2) is 22.9 Å². The van der Waals surface area contributed by atoms with Crippen LogP contribution in [0.15, 0.2) is 0 Å². The summed E-state index contributed by atoms with van der Waals surface area (Å²) in [6, 6.07) is 0. The van der Waals surface area contributed by atoms with E-state index in [0.29, 0.717) is 0 Å². The molecule has 1 rings (SSSR count). The maximum absolute atomic E-state index is 6.48. The average molecular weight is 286 g/mol. The minimum absolute atomic E-state index is 0.240. The molecule has 0 amide bonds. The lowest BCUT2D eigenvalue weighted by Crippen LogP contribution is -2.25. The Morgan fingerprint density at radius 1 is 1.26 bits per heavy atom. The fourth-order valence-corrected chi connectivity index (χ4v) is 2.67. The monoisotopic (exact) mass is 285 g/mol. The van der Waals surface area contributed by atoms with Crippen LogP contribution in [0.1, 0.15) is 52.4 Å². The lowest BCUT2D eigenvalue weighted by atomic mass is 9.84. The molecule has 0 aliphatic heterocycles. The van der Waals surface area contributed by atoms with Crippen LogP contribution in [0, 0.1) is 5.41 Å². The fraction of sp³-hybridized carbons (Fsp3) is 0.800. The molecule has 0 saturated heterocycles. The maximum atomic E-state index is 6.48. The zero-order valence-corrected chi connectivity index (χ0v) is 13.8. The van der Waals surface area contributed by atoms with Crippen molar-refractivity contribution in [3.8, 4) is 0 Å². The van der Waals surface area contributed by atoms with Gasteiger partial charge >= 0.3 is 0 Å². The molecule has 19 heavy (non-hydrogen) atoms. The van der Waals surface area contributed by atoms with E-state index in [1.54, 1.807) is 0 Å². The van der Waals surface area contributed by atoms with E-state index in [9.17, 15) is 0 Å². The zero-order chi connectivity index (χ0) is 14.5. The van der Waals surface area contributed by atoms with Crippen molar-refractivity contribution >= 4 is 11.6 Å². The number of aromatic nitrogens is 2. The van der Waals surface area contributed by atoms with Gasteiger partial charge in [0.05, 0.1) is 16.4 Å². The van der Waals surface area contributed by atoms with Gasteiger partial charge in [-0.2, -0.15) is 5.10 Å². The Hall–Kier alpha value is -0.540. The molecule has 3 nitrogen and oxygen atoms in total. The molecule has 0 aromatic carbocycles. The van der Waals surface area contributed by atoms with Crippen molar-refractivity contribution in [2.45, 2.75) is 60.4 Å². The van der Waals surface area contributed by atoms with Crippen molar-refractivity contribution in [3.05, 3.63) is 16.4 Å². The molecule has 1 heterocycles. The van der Waals surface area contributed by atoms with Crippen molar-refractivity contribution in [1.29, 1.82) is 0 Å². The quantitative estimate of drug-likeness (QED) is 0.738. The van der Waals surface area contributed by atoms with E-state index in [0.717, 1.165) is 49.6 Å². The van der Waals surface area contributed by atoms with Crippen LogP contribution in [0.2, 0.25) is 5.02 Å². The van der Waals surface area contributed by atoms with Crippen LogP contribution in [0.5, 0.6) is 0 Å². The third kappa shape index (κ3) is 4.50. The van der Waals surface area contributed by atoms with Crippen molar-refractivity contribution in [3.63, 3.8) is 0 Å². The molecule has 0 saturated carbocycles. The summed E-state index contributed by atoms with van der Waals surface area (Å²) in [7, 11) is 0. The van der Waals surface area contributed by atoms with Crippen molar-refractivity contribution in [2.24, 2.45) is 5.41 Å². The van der Waals surface area contributed by atoms with E-state index in [1.807, 2.05) is 0 Å². The molecule has 4 heteroatoms. The van der Waals surface area contributed by atoms with Gasteiger partial charge in [-0.25, -0.2) is 0 Å². The van der Waals surface area contributed by atoms with E-state index < -0.39 is 0 Å². The van der Waals surface area contributed by atoms with Gasteiger partial charge in [-0.1, -0.05) is 39.3 Å². The second-order valence-corrected chi connectivity index (χ2v) is 6.20. The second kappa shape index (κ2) is 7.30. The molecule has 110 valence electrons. The predicted molar refractivity (Wildman–Crippen MR) is 82.9 cm³/mol.